The van der Waals surface area contributed by atoms with Crippen LogP contribution in [0.25, 0.3) is 6.08 Å². The first-order chi connectivity index (χ1) is 13.5. The van der Waals surface area contributed by atoms with E-state index in [1.54, 1.807) is 18.2 Å². The van der Waals surface area contributed by atoms with Crippen LogP contribution in [0.3, 0.4) is 0 Å². The van der Waals surface area contributed by atoms with Crippen molar-refractivity contribution in [2.24, 2.45) is 0 Å². The Morgan fingerprint density at radius 2 is 1.21 bits per heavy atom. The van der Waals surface area contributed by atoms with Gasteiger partial charge in [0.25, 0.3) is 0 Å². The van der Waals surface area contributed by atoms with E-state index in [4.69, 9.17) is 10.4 Å². The van der Waals surface area contributed by atoms with E-state index in [1.807, 2.05) is 60.7 Å². The summed E-state index contributed by atoms with van der Waals surface area (Å²) in [6, 6.07) is 25.0. The second kappa shape index (κ2) is 8.87. The number of halogens is 2. The normalized spacial score (nSPS) is 11.0. The molecule has 28 heavy (non-hydrogen) atoms. The Bertz CT molecular complexity index is 1010. The van der Waals surface area contributed by atoms with Crippen molar-refractivity contribution in [2.75, 3.05) is 4.90 Å². The number of nitriles is 1. The van der Waals surface area contributed by atoms with E-state index in [0.29, 0.717) is 5.56 Å². The highest BCUT2D eigenvalue weighted by atomic mass is 79.9. The largest absolute Gasteiger partial charge is 0.477 e. The van der Waals surface area contributed by atoms with Crippen LogP contribution in [-0.2, 0) is 4.79 Å². The van der Waals surface area contributed by atoms with Crippen molar-refractivity contribution >= 4 is 61.0 Å². The smallest absolute Gasteiger partial charge is 0.346 e. The summed E-state index contributed by atoms with van der Waals surface area (Å²) in [6.45, 7) is 0. The van der Waals surface area contributed by atoms with Crippen LogP contribution in [0.5, 0.6) is 0 Å². The van der Waals surface area contributed by atoms with Crippen molar-refractivity contribution in [1.82, 2.24) is 0 Å². The molecule has 0 heterocycles. The summed E-state index contributed by atoms with van der Waals surface area (Å²) in [5, 5.41) is 17.9. The molecule has 0 amide bonds. The highest BCUT2D eigenvalue weighted by Crippen LogP contribution is 2.35. The van der Waals surface area contributed by atoms with E-state index in [2.05, 4.69) is 36.8 Å². The second-order valence-electron chi connectivity index (χ2n) is 5.85. The molecule has 0 aliphatic carbocycles. The highest BCUT2D eigenvalue weighted by Gasteiger charge is 2.13. The molecule has 0 atom stereocenters. The molecule has 0 aliphatic heterocycles. The maximum absolute atomic E-state index is 11.0. The molecule has 0 unspecified atom stereocenters. The Morgan fingerprint density at radius 3 is 1.57 bits per heavy atom. The van der Waals surface area contributed by atoms with Crippen LogP contribution in [0.1, 0.15) is 5.56 Å². The van der Waals surface area contributed by atoms with Gasteiger partial charge < -0.3 is 10.0 Å². The lowest BCUT2D eigenvalue weighted by Crippen LogP contribution is -2.09. The molecule has 6 heteroatoms. The number of rotatable bonds is 5. The van der Waals surface area contributed by atoms with Crippen molar-refractivity contribution in [1.29, 1.82) is 5.26 Å². The van der Waals surface area contributed by atoms with Crippen LogP contribution < -0.4 is 4.90 Å². The first-order valence-electron chi connectivity index (χ1n) is 8.24. The summed E-state index contributed by atoms with van der Waals surface area (Å²) in [5.74, 6) is -1.24. The minimum absolute atomic E-state index is 0.301. The third kappa shape index (κ3) is 4.69. The Hall–Kier alpha value is -2.88. The van der Waals surface area contributed by atoms with E-state index < -0.39 is 5.97 Å². The van der Waals surface area contributed by atoms with Gasteiger partial charge in [0.15, 0.2) is 0 Å². The van der Waals surface area contributed by atoms with Crippen molar-refractivity contribution in [3.05, 3.63) is 92.9 Å². The Kier molecular flexibility index (Phi) is 6.30. The molecule has 0 aromatic heterocycles. The summed E-state index contributed by atoms with van der Waals surface area (Å²) < 4.78 is 1.98. The number of aliphatic carboxylic acids is 1. The molecule has 0 saturated heterocycles. The molecule has 0 radical (unpaired) electrons. The number of hydrogen-bond acceptors (Lipinski definition) is 3. The number of benzene rings is 3. The van der Waals surface area contributed by atoms with Crippen LogP contribution in [0.2, 0.25) is 0 Å². The fourth-order valence-electron chi connectivity index (χ4n) is 2.66. The van der Waals surface area contributed by atoms with Crippen LogP contribution in [0.15, 0.2) is 87.3 Å². The third-order valence-corrected chi connectivity index (χ3v) is 5.04. The lowest BCUT2D eigenvalue weighted by Gasteiger charge is -2.25. The standard InChI is InChI=1S/C22H14Br2N2O2/c23-17-3-9-20(10-4-17)26(21-11-5-18(24)6-12-21)19-7-1-15(2-8-19)13-16(14-25)22(27)28/h1-13H,(H,27,28)/b16-13+. The second-order valence-corrected chi connectivity index (χ2v) is 7.69. The molecule has 3 aromatic rings. The molecule has 3 rings (SSSR count). The number of anilines is 3. The zero-order valence-electron chi connectivity index (χ0n) is 14.5. The van der Waals surface area contributed by atoms with E-state index in [1.165, 1.54) is 6.08 Å². The first kappa shape index (κ1) is 19.9. The van der Waals surface area contributed by atoms with Gasteiger partial charge in [0.05, 0.1) is 0 Å². The Labute approximate surface area is 179 Å². The van der Waals surface area contributed by atoms with Crippen LogP contribution in [0.4, 0.5) is 17.1 Å². The number of carboxylic acid groups (broad SMARTS) is 1. The maximum atomic E-state index is 11.0. The molecular weight excluding hydrogens is 484 g/mol. The topological polar surface area (TPSA) is 64.3 Å². The minimum Gasteiger partial charge on any atom is -0.477 e. The average Bonchev–Trinajstić information content (AvgIpc) is 2.70. The zero-order valence-corrected chi connectivity index (χ0v) is 17.7. The van der Waals surface area contributed by atoms with E-state index in [-0.39, 0.29) is 5.57 Å². The molecule has 138 valence electrons. The average molecular weight is 498 g/mol. The van der Waals surface area contributed by atoms with Gasteiger partial charge in [-0.15, -0.1) is 0 Å². The molecule has 0 aliphatic rings. The molecule has 4 nitrogen and oxygen atoms in total. The fraction of sp³-hybridized carbons (Fsp3) is 0. The Morgan fingerprint density at radius 1 is 0.821 bits per heavy atom. The molecule has 0 saturated carbocycles. The van der Waals surface area contributed by atoms with Crippen LogP contribution in [-0.4, -0.2) is 11.1 Å². The van der Waals surface area contributed by atoms with Gasteiger partial charge in [-0.05, 0) is 72.3 Å². The lowest BCUT2D eigenvalue weighted by molar-refractivity contribution is -0.132. The first-order valence-corrected chi connectivity index (χ1v) is 9.83. The van der Waals surface area contributed by atoms with Crippen molar-refractivity contribution in [3.8, 4) is 6.07 Å². The van der Waals surface area contributed by atoms with Gasteiger partial charge in [-0.3, -0.25) is 0 Å². The summed E-state index contributed by atoms with van der Waals surface area (Å²) in [7, 11) is 0. The van der Waals surface area contributed by atoms with Crippen molar-refractivity contribution in [2.45, 2.75) is 0 Å². The minimum atomic E-state index is -1.24. The predicted octanol–water partition coefficient (Wildman–Crippen LogP) is 6.67. The van der Waals surface area contributed by atoms with E-state index >= 15 is 0 Å². The van der Waals surface area contributed by atoms with Gasteiger partial charge in [0, 0.05) is 26.0 Å². The van der Waals surface area contributed by atoms with Crippen LogP contribution in [0, 0.1) is 11.3 Å². The predicted molar refractivity (Wildman–Crippen MR) is 118 cm³/mol. The number of nitrogens with zero attached hydrogens (tertiary/aromatic N) is 2. The summed E-state index contributed by atoms with van der Waals surface area (Å²) in [6.07, 6.45) is 1.36. The summed E-state index contributed by atoms with van der Waals surface area (Å²) in [4.78, 5) is 13.1. The van der Waals surface area contributed by atoms with Gasteiger partial charge in [-0.1, -0.05) is 44.0 Å². The van der Waals surface area contributed by atoms with Gasteiger partial charge >= 0.3 is 5.97 Å². The van der Waals surface area contributed by atoms with Crippen molar-refractivity contribution < 1.29 is 9.90 Å². The monoisotopic (exact) mass is 496 g/mol. The van der Waals surface area contributed by atoms with Gasteiger partial charge in [0.2, 0.25) is 0 Å². The van der Waals surface area contributed by atoms with Gasteiger partial charge in [-0.25, -0.2) is 4.79 Å². The number of hydrogen-bond donors (Lipinski definition) is 1. The molecule has 0 fully saturated rings. The quantitative estimate of drug-likeness (QED) is 0.315. The van der Waals surface area contributed by atoms with Crippen LogP contribution >= 0.6 is 31.9 Å². The Balaban J connectivity index is 2.03. The highest BCUT2D eigenvalue weighted by molar-refractivity contribution is 9.10. The summed E-state index contributed by atoms with van der Waals surface area (Å²) in [5.41, 5.74) is 3.23. The SMILES string of the molecule is N#C/C(=C\c1ccc(N(c2ccc(Br)cc2)c2ccc(Br)cc2)cc1)C(=O)O. The van der Waals surface area contributed by atoms with Crippen molar-refractivity contribution in [3.63, 3.8) is 0 Å². The molecule has 0 spiro atoms. The third-order valence-electron chi connectivity index (χ3n) is 3.98. The number of carbonyl (C=O) groups is 1. The van der Waals surface area contributed by atoms with Gasteiger partial charge in [-0.2, -0.15) is 5.26 Å². The molecule has 0 bridgehead atoms. The van der Waals surface area contributed by atoms with E-state index in [9.17, 15) is 4.79 Å². The molecular formula is C22H14Br2N2O2. The van der Waals surface area contributed by atoms with Gasteiger partial charge in [0.1, 0.15) is 11.6 Å². The van der Waals surface area contributed by atoms with E-state index in [0.717, 1.165) is 26.0 Å². The molecule has 1 N–H and O–H groups in total. The number of carboxylic acids is 1. The molecule has 3 aromatic carbocycles. The maximum Gasteiger partial charge on any atom is 0.346 e. The lowest BCUT2D eigenvalue weighted by atomic mass is 10.1. The fourth-order valence-corrected chi connectivity index (χ4v) is 3.18. The summed E-state index contributed by atoms with van der Waals surface area (Å²) >= 11 is 6.92. The zero-order chi connectivity index (χ0) is 20.1.